The van der Waals surface area contributed by atoms with Gasteiger partial charge in [-0.15, -0.1) is 0 Å². The third kappa shape index (κ3) is 4.34. The first-order valence-electron chi connectivity index (χ1n) is 11.7. The number of benzene rings is 2. The predicted octanol–water partition coefficient (Wildman–Crippen LogP) is 7.43. The van der Waals surface area contributed by atoms with Gasteiger partial charge in [-0.1, -0.05) is 28.9 Å². The molecule has 0 atom stereocenters. The van der Waals surface area contributed by atoms with Gasteiger partial charge in [-0.3, -0.25) is 0 Å². The predicted molar refractivity (Wildman–Crippen MR) is 135 cm³/mol. The summed E-state index contributed by atoms with van der Waals surface area (Å²) in [6.45, 7) is 2.10. The number of pyridine rings is 1. The Morgan fingerprint density at radius 2 is 2.03 bits per heavy atom. The minimum absolute atomic E-state index is 0.00679. The van der Waals surface area contributed by atoms with E-state index in [0.717, 1.165) is 35.3 Å². The van der Waals surface area contributed by atoms with Crippen LogP contribution in [0, 0.1) is 6.92 Å². The Morgan fingerprint density at radius 1 is 1.19 bits per heavy atom. The summed E-state index contributed by atoms with van der Waals surface area (Å²) in [6, 6.07) is 12.9. The molecule has 7 nitrogen and oxygen atoms in total. The van der Waals surface area contributed by atoms with E-state index in [1.165, 1.54) is 24.3 Å². The van der Waals surface area contributed by atoms with Crippen molar-refractivity contribution >= 4 is 29.5 Å². The summed E-state index contributed by atoms with van der Waals surface area (Å²) in [4.78, 5) is 15.8. The second-order valence-corrected chi connectivity index (χ2v) is 9.42. The zero-order chi connectivity index (χ0) is 25.7. The number of carbonyl (C=O) groups is 1. The number of hydrogen-bond donors (Lipinski definition) is 1. The summed E-state index contributed by atoms with van der Waals surface area (Å²) in [5.41, 5.74) is 3.57. The van der Waals surface area contributed by atoms with E-state index in [1.54, 1.807) is 12.1 Å². The van der Waals surface area contributed by atoms with Crippen LogP contribution in [0.4, 0.5) is 4.39 Å². The van der Waals surface area contributed by atoms with Crippen molar-refractivity contribution in [1.82, 2.24) is 10.1 Å². The molecule has 0 radical (unpaired) electrons. The molecular weight excluding hydrogens is 499 g/mol. The monoisotopic (exact) mass is 518 g/mol. The molecule has 0 bridgehead atoms. The van der Waals surface area contributed by atoms with Gasteiger partial charge in [0, 0.05) is 23.6 Å². The van der Waals surface area contributed by atoms with E-state index in [-0.39, 0.29) is 40.8 Å². The highest BCUT2D eigenvalue weighted by Crippen LogP contribution is 2.45. The van der Waals surface area contributed by atoms with Gasteiger partial charge in [0.15, 0.2) is 5.75 Å². The third-order valence-electron chi connectivity index (χ3n) is 6.42. The van der Waals surface area contributed by atoms with Gasteiger partial charge in [-0.25, -0.2) is 14.2 Å². The highest BCUT2D eigenvalue weighted by Gasteiger charge is 2.33. The van der Waals surface area contributed by atoms with Crippen LogP contribution in [0.2, 0.25) is 5.02 Å². The highest BCUT2D eigenvalue weighted by molar-refractivity contribution is 6.33. The van der Waals surface area contributed by atoms with Crippen LogP contribution in [-0.2, 0) is 6.61 Å². The molecule has 37 heavy (non-hydrogen) atoms. The summed E-state index contributed by atoms with van der Waals surface area (Å²) in [7, 11) is 0. The van der Waals surface area contributed by atoms with Gasteiger partial charge in [0.1, 0.15) is 35.3 Å². The first-order valence-corrected chi connectivity index (χ1v) is 12.1. The van der Waals surface area contributed by atoms with Gasteiger partial charge in [-0.05, 0) is 55.7 Å². The second-order valence-electron chi connectivity index (χ2n) is 9.01. The Labute approximate surface area is 216 Å². The third-order valence-corrected chi connectivity index (χ3v) is 6.73. The Balaban J connectivity index is 1.31. The number of nitrogens with zero attached hydrogens (tertiary/aromatic N) is 2. The zero-order valence-corrected chi connectivity index (χ0v) is 20.4. The Hall–Kier alpha value is -4.17. The fraction of sp³-hybridized carbons (Fsp3) is 0.179. The topological polar surface area (TPSA) is 94.7 Å². The quantitative estimate of drug-likeness (QED) is 0.283. The van der Waals surface area contributed by atoms with E-state index in [0.29, 0.717) is 16.6 Å². The summed E-state index contributed by atoms with van der Waals surface area (Å²) in [6.07, 6.45) is 3.28. The molecular formula is C28H20ClFN2O5. The summed E-state index contributed by atoms with van der Waals surface area (Å²) >= 11 is 6.51. The second kappa shape index (κ2) is 9.05. The number of aryl methyl sites for hydroxylation is 1. The SMILES string of the molecule is Cc1cccc(Cl)c1-c1noc(C2CC2)c1COc1ccc2c(n1)C=C(F)c1ccc(C(=O)O)cc1O2. The van der Waals surface area contributed by atoms with Crippen LogP contribution in [-0.4, -0.2) is 21.2 Å². The molecule has 2 aliphatic rings. The lowest BCUT2D eigenvalue weighted by atomic mass is 10.0. The van der Waals surface area contributed by atoms with E-state index in [9.17, 15) is 14.3 Å². The molecule has 3 heterocycles. The van der Waals surface area contributed by atoms with Crippen LogP contribution in [0.25, 0.3) is 23.2 Å². The molecule has 1 fully saturated rings. The standard InChI is InChI=1S/C28H20ClFN2O5/c1-14-3-2-4-19(29)25(14)26-18(27(37-32-26)15-5-6-15)13-35-24-10-9-22-21(31-24)12-20(30)17-8-7-16(28(33)34)11-23(17)36-22/h2-4,7-12,15H,5-6,13H2,1H3,(H,33,34). The van der Waals surface area contributed by atoms with Crippen molar-refractivity contribution in [3.63, 3.8) is 0 Å². The molecule has 0 saturated heterocycles. The fourth-order valence-electron chi connectivity index (χ4n) is 4.37. The molecule has 186 valence electrons. The maximum absolute atomic E-state index is 15.0. The van der Waals surface area contributed by atoms with Crippen molar-refractivity contribution in [3.05, 3.63) is 87.3 Å². The Kier molecular flexibility index (Phi) is 5.68. The van der Waals surface area contributed by atoms with Gasteiger partial charge in [0.05, 0.1) is 21.7 Å². The van der Waals surface area contributed by atoms with Crippen molar-refractivity contribution < 1.29 is 28.3 Å². The van der Waals surface area contributed by atoms with Crippen LogP contribution < -0.4 is 9.47 Å². The molecule has 4 aromatic rings. The lowest BCUT2D eigenvalue weighted by molar-refractivity contribution is 0.0696. The molecule has 1 N–H and O–H groups in total. The molecule has 0 amide bonds. The van der Waals surface area contributed by atoms with E-state index in [4.69, 9.17) is 25.6 Å². The molecule has 2 aromatic carbocycles. The molecule has 6 rings (SSSR count). The van der Waals surface area contributed by atoms with Crippen molar-refractivity contribution in [2.75, 3.05) is 0 Å². The smallest absolute Gasteiger partial charge is 0.335 e. The average Bonchev–Trinajstić information content (AvgIpc) is 3.65. The molecule has 1 saturated carbocycles. The number of aromatic nitrogens is 2. The number of halogens is 2. The molecule has 9 heteroatoms. The fourth-order valence-corrected chi connectivity index (χ4v) is 4.68. The van der Waals surface area contributed by atoms with Crippen LogP contribution in [0.1, 0.15) is 57.3 Å². The van der Waals surface area contributed by atoms with E-state index >= 15 is 0 Å². The highest BCUT2D eigenvalue weighted by atomic mass is 35.5. The number of rotatable bonds is 6. The number of fused-ring (bicyclic) bond motifs is 2. The Bertz CT molecular complexity index is 1570. The van der Waals surface area contributed by atoms with E-state index in [2.05, 4.69) is 10.1 Å². The number of carboxylic acid groups (broad SMARTS) is 1. The Morgan fingerprint density at radius 3 is 2.78 bits per heavy atom. The lowest BCUT2D eigenvalue weighted by Crippen LogP contribution is -2.02. The summed E-state index contributed by atoms with van der Waals surface area (Å²) in [5.74, 6) is -0.0192. The largest absolute Gasteiger partial charge is 0.478 e. The van der Waals surface area contributed by atoms with E-state index < -0.39 is 11.8 Å². The number of hydrogen-bond acceptors (Lipinski definition) is 6. The molecule has 1 aliphatic carbocycles. The van der Waals surface area contributed by atoms with Crippen LogP contribution >= 0.6 is 11.6 Å². The first kappa shape index (κ1) is 23.2. The minimum Gasteiger partial charge on any atom is -0.478 e. The van der Waals surface area contributed by atoms with Crippen molar-refractivity contribution in [2.45, 2.75) is 32.3 Å². The number of aromatic carboxylic acids is 1. The first-order chi connectivity index (χ1) is 17.9. The maximum Gasteiger partial charge on any atom is 0.335 e. The van der Waals surface area contributed by atoms with Crippen LogP contribution in [0.15, 0.2) is 53.1 Å². The minimum atomic E-state index is -1.13. The van der Waals surface area contributed by atoms with Crippen molar-refractivity contribution in [2.24, 2.45) is 0 Å². The van der Waals surface area contributed by atoms with Gasteiger partial charge < -0.3 is 19.1 Å². The molecule has 0 spiro atoms. The van der Waals surface area contributed by atoms with Gasteiger partial charge in [-0.2, -0.15) is 0 Å². The normalized spacial score (nSPS) is 14.2. The lowest BCUT2D eigenvalue weighted by Gasteiger charge is -2.12. The van der Waals surface area contributed by atoms with Gasteiger partial charge in [0.2, 0.25) is 5.88 Å². The van der Waals surface area contributed by atoms with Gasteiger partial charge >= 0.3 is 5.97 Å². The van der Waals surface area contributed by atoms with Crippen molar-refractivity contribution in [3.8, 4) is 28.6 Å². The average molecular weight is 519 g/mol. The molecule has 0 unspecified atom stereocenters. The molecule has 2 aromatic heterocycles. The number of ether oxygens (including phenoxy) is 2. The maximum atomic E-state index is 15.0. The number of carboxylic acids is 1. The van der Waals surface area contributed by atoms with Gasteiger partial charge in [0.25, 0.3) is 0 Å². The zero-order valence-electron chi connectivity index (χ0n) is 19.6. The summed E-state index contributed by atoms with van der Waals surface area (Å²) in [5, 5.41) is 14.2. The van der Waals surface area contributed by atoms with E-state index in [1.807, 2.05) is 25.1 Å². The van der Waals surface area contributed by atoms with Crippen molar-refractivity contribution in [1.29, 1.82) is 0 Å². The molecule has 1 aliphatic heterocycles. The van der Waals surface area contributed by atoms with Crippen LogP contribution in [0.3, 0.4) is 0 Å². The summed E-state index contributed by atoms with van der Waals surface area (Å²) < 4.78 is 32.6. The van der Waals surface area contributed by atoms with Crippen LogP contribution in [0.5, 0.6) is 17.4 Å².